The Morgan fingerprint density at radius 3 is 2.91 bits per heavy atom. The van der Waals surface area contributed by atoms with E-state index in [0.29, 0.717) is 6.61 Å². The van der Waals surface area contributed by atoms with Crippen LogP contribution in [-0.4, -0.2) is 14.8 Å². The van der Waals surface area contributed by atoms with Gasteiger partial charge in [0.25, 0.3) is 0 Å². The van der Waals surface area contributed by atoms with Crippen molar-refractivity contribution in [1.29, 1.82) is 0 Å². The molecule has 0 saturated heterocycles. The summed E-state index contributed by atoms with van der Waals surface area (Å²) in [5.74, 6) is 2.70. The summed E-state index contributed by atoms with van der Waals surface area (Å²) in [4.78, 5) is 1.20. The maximum absolute atomic E-state index is 5.90. The topological polar surface area (TPSA) is 39.9 Å². The van der Waals surface area contributed by atoms with Gasteiger partial charge in [0.1, 0.15) is 24.5 Å². The first-order valence-corrected chi connectivity index (χ1v) is 8.61. The molecule has 0 bridgehead atoms. The van der Waals surface area contributed by atoms with Crippen molar-refractivity contribution in [2.24, 2.45) is 0 Å². The smallest absolute Gasteiger partial charge is 0.147 e. The molecule has 3 aromatic rings. The molecular formula is C16H12BrN3OS. The first-order chi connectivity index (χ1) is 10.8. The van der Waals surface area contributed by atoms with Crippen molar-refractivity contribution in [2.45, 2.75) is 17.3 Å². The third-order valence-electron chi connectivity index (χ3n) is 3.48. The van der Waals surface area contributed by atoms with Gasteiger partial charge in [0.05, 0.1) is 11.4 Å². The second kappa shape index (κ2) is 5.78. The van der Waals surface area contributed by atoms with Crippen molar-refractivity contribution in [1.82, 2.24) is 14.8 Å². The predicted molar refractivity (Wildman–Crippen MR) is 89.4 cm³/mol. The zero-order chi connectivity index (χ0) is 14.9. The lowest BCUT2D eigenvalue weighted by Gasteiger charge is -2.18. The Morgan fingerprint density at radius 2 is 2.05 bits per heavy atom. The zero-order valence-electron chi connectivity index (χ0n) is 11.6. The molecule has 0 fully saturated rings. The third-order valence-corrected chi connectivity index (χ3v) is 5.05. The molecular weight excluding hydrogens is 362 g/mol. The lowest BCUT2D eigenvalue weighted by atomic mass is 10.2. The van der Waals surface area contributed by atoms with Crippen molar-refractivity contribution >= 4 is 27.7 Å². The monoisotopic (exact) mass is 373 g/mol. The van der Waals surface area contributed by atoms with E-state index in [1.807, 2.05) is 22.8 Å². The Balaban J connectivity index is 1.54. The lowest BCUT2D eigenvalue weighted by molar-refractivity contribution is 0.305. The van der Waals surface area contributed by atoms with Crippen LogP contribution in [0.4, 0.5) is 0 Å². The van der Waals surface area contributed by atoms with Crippen LogP contribution in [0.1, 0.15) is 11.4 Å². The molecule has 2 heterocycles. The fourth-order valence-electron chi connectivity index (χ4n) is 2.35. The second-order valence-corrected chi connectivity index (χ2v) is 6.88. The molecule has 0 saturated carbocycles. The van der Waals surface area contributed by atoms with Crippen LogP contribution in [0.15, 0.2) is 58.2 Å². The van der Waals surface area contributed by atoms with Crippen molar-refractivity contribution in [2.75, 3.05) is 0 Å². The molecule has 22 heavy (non-hydrogen) atoms. The van der Waals surface area contributed by atoms with Gasteiger partial charge in [-0.25, -0.2) is 0 Å². The number of fused-ring (bicyclic) bond motifs is 3. The Hall–Kier alpha value is -1.79. The molecule has 1 aliphatic heterocycles. The van der Waals surface area contributed by atoms with Crippen LogP contribution in [0.2, 0.25) is 0 Å². The third kappa shape index (κ3) is 2.64. The normalized spacial score (nSPS) is 12.6. The molecule has 0 aliphatic carbocycles. The number of rotatable bonds is 3. The number of aromatic nitrogens is 3. The number of hydrogen-bond donors (Lipinski definition) is 0. The molecule has 0 atom stereocenters. The van der Waals surface area contributed by atoms with E-state index >= 15 is 0 Å². The maximum Gasteiger partial charge on any atom is 0.147 e. The Kier molecular flexibility index (Phi) is 3.63. The van der Waals surface area contributed by atoms with Gasteiger partial charge in [-0.05, 0) is 35.9 Å². The first kappa shape index (κ1) is 13.8. The van der Waals surface area contributed by atoms with Crippen molar-refractivity contribution in [3.63, 3.8) is 0 Å². The van der Waals surface area contributed by atoms with Crippen LogP contribution >= 0.6 is 27.7 Å². The lowest BCUT2D eigenvalue weighted by Crippen LogP contribution is -2.06. The summed E-state index contributed by atoms with van der Waals surface area (Å²) in [6, 6.07) is 14.3. The molecule has 4 rings (SSSR count). The van der Waals surface area contributed by atoms with Gasteiger partial charge in [-0.3, -0.25) is 4.57 Å². The molecule has 6 heteroatoms. The highest BCUT2D eigenvalue weighted by Gasteiger charge is 2.17. The molecule has 1 aliphatic rings. The van der Waals surface area contributed by atoms with Crippen LogP contribution in [0, 0.1) is 0 Å². The van der Waals surface area contributed by atoms with E-state index < -0.39 is 0 Å². The van der Waals surface area contributed by atoms with Gasteiger partial charge in [0.15, 0.2) is 0 Å². The van der Waals surface area contributed by atoms with Gasteiger partial charge in [0, 0.05) is 9.37 Å². The number of halogens is 1. The minimum absolute atomic E-state index is 0.564. The van der Waals surface area contributed by atoms with Gasteiger partial charge in [-0.2, -0.15) is 0 Å². The predicted octanol–water partition coefficient (Wildman–Crippen LogP) is 4.21. The van der Waals surface area contributed by atoms with Crippen molar-refractivity contribution in [3.8, 4) is 11.4 Å². The highest BCUT2D eigenvalue weighted by atomic mass is 79.9. The van der Waals surface area contributed by atoms with Gasteiger partial charge >= 0.3 is 0 Å². The summed E-state index contributed by atoms with van der Waals surface area (Å²) >= 11 is 5.20. The van der Waals surface area contributed by atoms with E-state index in [4.69, 9.17) is 4.74 Å². The molecule has 4 nitrogen and oxygen atoms in total. The summed E-state index contributed by atoms with van der Waals surface area (Å²) < 4.78 is 9.01. The average Bonchev–Trinajstić information content (AvgIpc) is 3.03. The first-order valence-electron chi connectivity index (χ1n) is 6.83. The van der Waals surface area contributed by atoms with Crippen molar-refractivity contribution in [3.05, 3.63) is 64.7 Å². The minimum atomic E-state index is 0.564. The summed E-state index contributed by atoms with van der Waals surface area (Å²) in [5.41, 5.74) is 2.27. The number of thioether (sulfide) groups is 1. The molecule has 2 aromatic carbocycles. The Morgan fingerprint density at radius 1 is 1.18 bits per heavy atom. The van der Waals surface area contributed by atoms with E-state index in [-0.39, 0.29) is 0 Å². The van der Waals surface area contributed by atoms with Crippen molar-refractivity contribution < 1.29 is 4.74 Å². The van der Waals surface area contributed by atoms with Gasteiger partial charge in [-0.15, -0.1) is 22.0 Å². The second-order valence-electron chi connectivity index (χ2n) is 4.95. The van der Waals surface area contributed by atoms with E-state index in [2.05, 4.69) is 50.4 Å². The Labute approximate surface area is 140 Å². The van der Waals surface area contributed by atoms with E-state index in [1.165, 1.54) is 4.90 Å². The van der Waals surface area contributed by atoms with Crippen LogP contribution in [0.25, 0.3) is 5.69 Å². The summed E-state index contributed by atoms with van der Waals surface area (Å²) in [5, 5.41) is 8.09. The molecule has 0 amide bonds. The van der Waals surface area contributed by atoms with Gasteiger partial charge in [-0.1, -0.05) is 28.1 Å². The largest absolute Gasteiger partial charge is 0.489 e. The summed E-state index contributed by atoms with van der Waals surface area (Å²) in [6.07, 6.45) is 1.76. The minimum Gasteiger partial charge on any atom is -0.489 e. The van der Waals surface area contributed by atoms with Crippen LogP contribution in [-0.2, 0) is 12.4 Å². The standard InChI is InChI=1S/C16H12BrN3OS/c17-12-3-1-11(2-4-12)8-21-13-5-6-14-15(7-13)22-9-16-19-18-10-20(14)16/h1-7,10H,8-9H2. The van der Waals surface area contributed by atoms with E-state index in [1.54, 1.807) is 18.1 Å². The van der Waals surface area contributed by atoms with Gasteiger partial charge in [0.2, 0.25) is 0 Å². The fourth-order valence-corrected chi connectivity index (χ4v) is 3.61. The highest BCUT2D eigenvalue weighted by Crippen LogP contribution is 2.36. The van der Waals surface area contributed by atoms with Crippen LogP contribution < -0.4 is 4.74 Å². The Bertz CT molecular complexity index is 817. The van der Waals surface area contributed by atoms with Gasteiger partial charge < -0.3 is 4.74 Å². The van der Waals surface area contributed by atoms with Crippen LogP contribution in [0.5, 0.6) is 5.75 Å². The van der Waals surface area contributed by atoms with E-state index in [9.17, 15) is 0 Å². The molecule has 1 aromatic heterocycles. The molecule has 110 valence electrons. The fraction of sp³-hybridized carbons (Fsp3) is 0.125. The number of benzene rings is 2. The quantitative estimate of drug-likeness (QED) is 0.689. The number of nitrogens with zero attached hydrogens (tertiary/aromatic N) is 3. The number of hydrogen-bond acceptors (Lipinski definition) is 4. The summed E-state index contributed by atoms with van der Waals surface area (Å²) in [6.45, 7) is 0.564. The summed E-state index contributed by atoms with van der Waals surface area (Å²) in [7, 11) is 0. The van der Waals surface area contributed by atoms with E-state index in [0.717, 1.165) is 33.1 Å². The average molecular weight is 374 g/mol. The van der Waals surface area contributed by atoms with Crippen LogP contribution in [0.3, 0.4) is 0 Å². The number of ether oxygens (including phenoxy) is 1. The molecule has 0 unspecified atom stereocenters. The molecule has 0 N–H and O–H groups in total. The molecule has 0 spiro atoms. The molecule has 0 radical (unpaired) electrons. The maximum atomic E-state index is 5.90. The highest BCUT2D eigenvalue weighted by molar-refractivity contribution is 9.10. The zero-order valence-corrected chi connectivity index (χ0v) is 14.0. The SMILES string of the molecule is Brc1ccc(COc2ccc3c(c2)SCc2nncn2-3)cc1.